The van der Waals surface area contributed by atoms with Gasteiger partial charge in [0.05, 0.1) is 11.3 Å². The Morgan fingerprint density at radius 2 is 2.17 bits per heavy atom. The van der Waals surface area contributed by atoms with Crippen molar-refractivity contribution in [3.05, 3.63) is 22.6 Å². The second kappa shape index (κ2) is 4.81. The predicted octanol–water partition coefficient (Wildman–Crippen LogP) is 1.84. The number of aromatic amines is 1. The van der Waals surface area contributed by atoms with Crippen LogP contribution in [0.4, 0.5) is 0 Å². The van der Waals surface area contributed by atoms with Crippen LogP contribution in [-0.2, 0) is 16.4 Å². The van der Waals surface area contributed by atoms with E-state index in [9.17, 15) is 8.42 Å². The summed E-state index contributed by atoms with van der Waals surface area (Å²) in [6.07, 6.45) is 1.78. The minimum Gasteiger partial charge on any atom is -0.329 e. The summed E-state index contributed by atoms with van der Waals surface area (Å²) in [6, 6.07) is 3.84. The van der Waals surface area contributed by atoms with Gasteiger partial charge in [-0.15, -0.1) is 0 Å². The van der Waals surface area contributed by atoms with Gasteiger partial charge in [-0.25, -0.2) is 13.4 Å². The highest BCUT2D eigenvalue weighted by Crippen LogP contribution is 2.13. The van der Waals surface area contributed by atoms with Crippen molar-refractivity contribution in [3.8, 4) is 0 Å². The molecule has 98 valence electrons. The summed E-state index contributed by atoms with van der Waals surface area (Å²) < 4.78 is 24.6. The van der Waals surface area contributed by atoms with E-state index in [2.05, 4.69) is 9.97 Å². The van der Waals surface area contributed by atoms with Crippen LogP contribution in [0, 0.1) is 11.7 Å². The van der Waals surface area contributed by atoms with Crippen molar-refractivity contribution < 1.29 is 8.42 Å². The van der Waals surface area contributed by atoms with Crippen LogP contribution in [0.3, 0.4) is 0 Å². The number of aryl methyl sites for hydroxylation is 2. The number of H-pyrrole nitrogens is 1. The molecule has 0 aliphatic carbocycles. The number of nitrogens with zero attached hydrogens (tertiary/aromatic N) is 2. The number of pyridine rings is 1. The fourth-order valence-corrected chi connectivity index (χ4v) is 2.76. The van der Waals surface area contributed by atoms with Gasteiger partial charge in [0.2, 0.25) is 0 Å². The zero-order valence-corrected chi connectivity index (χ0v) is 11.9. The summed E-state index contributed by atoms with van der Waals surface area (Å²) in [6.45, 7) is 2.47. The van der Waals surface area contributed by atoms with E-state index in [0.717, 1.165) is 16.9 Å². The van der Waals surface area contributed by atoms with Gasteiger partial charge in [-0.1, -0.05) is 0 Å². The van der Waals surface area contributed by atoms with E-state index in [1.165, 1.54) is 6.26 Å². The second-order valence-electron chi connectivity index (χ2n) is 4.39. The van der Waals surface area contributed by atoms with Crippen LogP contribution in [0.5, 0.6) is 0 Å². The SMILES string of the molecule is Cc1ccc2[nH]c(=S)n(CCCS(C)(=O)=O)c2n1. The van der Waals surface area contributed by atoms with E-state index in [1.54, 1.807) is 0 Å². The Hall–Kier alpha value is -1.21. The third kappa shape index (κ3) is 2.97. The molecule has 1 N–H and O–H groups in total. The smallest absolute Gasteiger partial charge is 0.179 e. The maximum Gasteiger partial charge on any atom is 0.179 e. The van der Waals surface area contributed by atoms with Crippen molar-refractivity contribution >= 4 is 33.2 Å². The standard InChI is InChI=1S/C11H15N3O2S2/c1-8-4-5-9-10(12-8)14(11(17)13-9)6-3-7-18(2,15)16/h4-5H,3,6-7H2,1-2H3,(H,13,17). The Morgan fingerprint density at radius 1 is 1.44 bits per heavy atom. The lowest BCUT2D eigenvalue weighted by molar-refractivity contribution is 0.592. The quantitative estimate of drug-likeness (QED) is 0.870. The van der Waals surface area contributed by atoms with Crippen molar-refractivity contribution in [3.63, 3.8) is 0 Å². The van der Waals surface area contributed by atoms with Crippen LogP contribution in [0.2, 0.25) is 0 Å². The van der Waals surface area contributed by atoms with Crippen LogP contribution in [0.15, 0.2) is 12.1 Å². The van der Waals surface area contributed by atoms with Gasteiger partial charge in [0.1, 0.15) is 9.84 Å². The zero-order chi connectivity index (χ0) is 13.3. The fourth-order valence-electron chi connectivity index (χ4n) is 1.82. The van der Waals surface area contributed by atoms with Crippen LogP contribution >= 0.6 is 12.2 Å². The summed E-state index contributed by atoms with van der Waals surface area (Å²) in [5, 5.41) is 0. The highest BCUT2D eigenvalue weighted by Gasteiger charge is 2.07. The molecule has 0 amide bonds. The Kier molecular flexibility index (Phi) is 3.54. The molecule has 0 aromatic carbocycles. The number of fused-ring (bicyclic) bond motifs is 1. The van der Waals surface area contributed by atoms with Gasteiger partial charge < -0.3 is 9.55 Å². The Balaban J connectivity index is 2.30. The van der Waals surface area contributed by atoms with Gasteiger partial charge >= 0.3 is 0 Å². The molecular weight excluding hydrogens is 270 g/mol. The lowest BCUT2D eigenvalue weighted by atomic mass is 10.3. The summed E-state index contributed by atoms with van der Waals surface area (Å²) in [7, 11) is -2.93. The van der Waals surface area contributed by atoms with Gasteiger partial charge in [0.15, 0.2) is 10.4 Å². The molecule has 7 heteroatoms. The molecule has 0 fully saturated rings. The summed E-state index contributed by atoms with van der Waals surface area (Å²) in [5.41, 5.74) is 2.58. The highest BCUT2D eigenvalue weighted by atomic mass is 32.2. The van der Waals surface area contributed by atoms with Gasteiger partial charge in [-0.2, -0.15) is 0 Å². The maximum atomic E-state index is 11.1. The van der Waals surface area contributed by atoms with Crippen molar-refractivity contribution in [1.29, 1.82) is 0 Å². The summed E-state index contributed by atoms with van der Waals surface area (Å²) >= 11 is 5.22. The van der Waals surface area contributed by atoms with E-state index in [1.807, 2.05) is 23.6 Å². The molecule has 0 saturated heterocycles. The van der Waals surface area contributed by atoms with Crippen LogP contribution < -0.4 is 0 Å². The molecule has 0 atom stereocenters. The van der Waals surface area contributed by atoms with Crippen molar-refractivity contribution in [1.82, 2.24) is 14.5 Å². The number of imidazole rings is 1. The lowest BCUT2D eigenvalue weighted by Crippen LogP contribution is -2.08. The van der Waals surface area contributed by atoms with Crippen molar-refractivity contribution in [2.75, 3.05) is 12.0 Å². The van der Waals surface area contributed by atoms with Gasteiger partial charge in [-0.3, -0.25) is 0 Å². The molecule has 0 saturated carbocycles. The van der Waals surface area contributed by atoms with Gasteiger partial charge in [0.25, 0.3) is 0 Å². The lowest BCUT2D eigenvalue weighted by Gasteiger charge is -2.03. The van der Waals surface area contributed by atoms with E-state index in [0.29, 0.717) is 17.7 Å². The fraction of sp³-hybridized carbons (Fsp3) is 0.455. The van der Waals surface area contributed by atoms with E-state index >= 15 is 0 Å². The number of nitrogens with one attached hydrogen (secondary N) is 1. The minimum absolute atomic E-state index is 0.160. The molecule has 0 bridgehead atoms. The number of aromatic nitrogens is 3. The average Bonchev–Trinajstić information content (AvgIpc) is 2.54. The number of hydrogen-bond acceptors (Lipinski definition) is 4. The minimum atomic E-state index is -2.93. The molecule has 2 heterocycles. The van der Waals surface area contributed by atoms with Crippen LogP contribution in [0.25, 0.3) is 11.2 Å². The molecular formula is C11H15N3O2S2. The summed E-state index contributed by atoms with van der Waals surface area (Å²) in [4.78, 5) is 7.49. The van der Waals surface area contributed by atoms with Crippen LogP contribution in [0.1, 0.15) is 12.1 Å². The molecule has 0 aliphatic rings. The first-order valence-electron chi connectivity index (χ1n) is 5.61. The van der Waals surface area contributed by atoms with E-state index in [4.69, 9.17) is 12.2 Å². The molecule has 18 heavy (non-hydrogen) atoms. The first kappa shape index (κ1) is 13.2. The highest BCUT2D eigenvalue weighted by molar-refractivity contribution is 7.90. The van der Waals surface area contributed by atoms with Gasteiger partial charge in [-0.05, 0) is 37.7 Å². The molecule has 0 spiro atoms. The second-order valence-corrected chi connectivity index (χ2v) is 7.04. The first-order chi connectivity index (χ1) is 8.37. The molecule has 5 nitrogen and oxygen atoms in total. The zero-order valence-electron chi connectivity index (χ0n) is 10.3. The topological polar surface area (TPSA) is 67.8 Å². The predicted molar refractivity (Wildman–Crippen MR) is 74.0 cm³/mol. The van der Waals surface area contributed by atoms with E-state index in [-0.39, 0.29) is 5.75 Å². The number of rotatable bonds is 4. The number of sulfone groups is 1. The van der Waals surface area contributed by atoms with Crippen molar-refractivity contribution in [2.45, 2.75) is 19.9 Å². The third-order valence-corrected chi connectivity index (χ3v) is 4.01. The monoisotopic (exact) mass is 285 g/mol. The average molecular weight is 285 g/mol. The normalized spacial score (nSPS) is 12.1. The van der Waals surface area contributed by atoms with Crippen LogP contribution in [-0.4, -0.2) is 35.0 Å². The van der Waals surface area contributed by atoms with Gasteiger partial charge in [0, 0.05) is 18.5 Å². The first-order valence-corrected chi connectivity index (χ1v) is 8.07. The third-order valence-electron chi connectivity index (χ3n) is 2.65. The largest absolute Gasteiger partial charge is 0.329 e. The molecule has 2 aromatic rings. The Labute approximate surface area is 111 Å². The Bertz CT molecular complexity index is 728. The summed E-state index contributed by atoms with van der Waals surface area (Å²) in [5.74, 6) is 0.160. The van der Waals surface area contributed by atoms with Crippen molar-refractivity contribution in [2.24, 2.45) is 0 Å². The Morgan fingerprint density at radius 3 is 2.83 bits per heavy atom. The molecule has 2 rings (SSSR count). The molecule has 0 unspecified atom stereocenters. The molecule has 2 aromatic heterocycles. The van der Waals surface area contributed by atoms with E-state index < -0.39 is 9.84 Å². The number of hydrogen-bond donors (Lipinski definition) is 1. The molecule has 0 aliphatic heterocycles. The molecule has 0 radical (unpaired) electrons. The maximum absolute atomic E-state index is 11.1.